The number of aromatic nitrogens is 1. The average Bonchev–Trinajstić information content (AvgIpc) is 2.61. The van der Waals surface area contributed by atoms with Crippen LogP contribution in [0, 0.1) is 0 Å². The molecule has 2 heterocycles. The third kappa shape index (κ3) is 3.89. The molecule has 1 aliphatic rings. The first-order valence-electron chi connectivity index (χ1n) is 7.55. The normalized spacial score (nSPS) is 14.6. The number of anilines is 1. The van der Waals surface area contributed by atoms with Gasteiger partial charge in [-0.2, -0.15) is 0 Å². The van der Waals surface area contributed by atoms with Gasteiger partial charge in [0.05, 0.1) is 18.8 Å². The number of carbonyl (C=O) groups excluding carboxylic acids is 1. The number of amides is 1. The molecule has 0 aliphatic carbocycles. The lowest BCUT2D eigenvalue weighted by atomic mass is 10.2. The van der Waals surface area contributed by atoms with Gasteiger partial charge in [0.1, 0.15) is 5.82 Å². The molecule has 0 radical (unpaired) electrons. The molecule has 1 N–H and O–H groups in total. The number of nitrogens with one attached hydrogen (secondary N) is 1. The van der Waals surface area contributed by atoms with Crippen LogP contribution >= 0.6 is 15.9 Å². The number of rotatable bonds is 4. The highest BCUT2D eigenvalue weighted by molar-refractivity contribution is 9.10. The van der Waals surface area contributed by atoms with Crippen molar-refractivity contribution < 1.29 is 9.53 Å². The Hall–Kier alpha value is -1.92. The molecule has 1 aliphatic heterocycles. The van der Waals surface area contributed by atoms with Gasteiger partial charge in [0.2, 0.25) is 0 Å². The molecule has 0 bridgehead atoms. The van der Waals surface area contributed by atoms with Gasteiger partial charge in [0, 0.05) is 35.9 Å². The molecule has 2 aromatic rings. The summed E-state index contributed by atoms with van der Waals surface area (Å²) in [6, 6.07) is 11.3. The molecule has 1 saturated heterocycles. The fourth-order valence-electron chi connectivity index (χ4n) is 2.54. The zero-order valence-corrected chi connectivity index (χ0v) is 14.3. The van der Waals surface area contributed by atoms with E-state index < -0.39 is 0 Å². The lowest BCUT2D eigenvalue weighted by molar-refractivity contribution is 0.0950. The molecule has 1 aromatic heterocycles. The molecule has 23 heavy (non-hydrogen) atoms. The molecule has 0 spiro atoms. The minimum absolute atomic E-state index is 0.103. The Morgan fingerprint density at radius 1 is 1.22 bits per heavy atom. The van der Waals surface area contributed by atoms with Crippen molar-refractivity contribution in [2.45, 2.75) is 6.54 Å². The van der Waals surface area contributed by atoms with E-state index in [2.05, 4.69) is 31.1 Å². The van der Waals surface area contributed by atoms with Crippen molar-refractivity contribution in [3.63, 3.8) is 0 Å². The van der Waals surface area contributed by atoms with Gasteiger partial charge >= 0.3 is 0 Å². The van der Waals surface area contributed by atoms with E-state index in [1.165, 1.54) is 0 Å². The van der Waals surface area contributed by atoms with E-state index in [4.69, 9.17) is 4.74 Å². The number of nitrogens with zero attached hydrogens (tertiary/aromatic N) is 2. The zero-order chi connectivity index (χ0) is 16.1. The van der Waals surface area contributed by atoms with Gasteiger partial charge in [-0.05, 0) is 34.1 Å². The van der Waals surface area contributed by atoms with E-state index in [0.717, 1.165) is 28.9 Å². The smallest absolute Gasteiger partial charge is 0.252 e. The first-order valence-corrected chi connectivity index (χ1v) is 8.34. The van der Waals surface area contributed by atoms with Crippen molar-refractivity contribution in [3.05, 3.63) is 58.2 Å². The lowest BCUT2D eigenvalue weighted by Gasteiger charge is -2.29. The molecule has 5 nitrogen and oxygen atoms in total. The number of hydrogen-bond acceptors (Lipinski definition) is 4. The van der Waals surface area contributed by atoms with Gasteiger partial charge in [-0.15, -0.1) is 0 Å². The van der Waals surface area contributed by atoms with Crippen LogP contribution in [0.25, 0.3) is 0 Å². The average molecular weight is 376 g/mol. The predicted molar refractivity (Wildman–Crippen MR) is 92.6 cm³/mol. The van der Waals surface area contributed by atoms with E-state index in [-0.39, 0.29) is 5.91 Å². The van der Waals surface area contributed by atoms with Crippen LogP contribution in [-0.2, 0) is 11.3 Å². The van der Waals surface area contributed by atoms with Crippen LogP contribution in [0.3, 0.4) is 0 Å². The highest BCUT2D eigenvalue weighted by atomic mass is 79.9. The summed E-state index contributed by atoms with van der Waals surface area (Å²) in [7, 11) is 0. The van der Waals surface area contributed by atoms with Crippen molar-refractivity contribution in [3.8, 4) is 0 Å². The third-order valence-electron chi connectivity index (χ3n) is 3.74. The van der Waals surface area contributed by atoms with Gasteiger partial charge in [0.15, 0.2) is 0 Å². The summed E-state index contributed by atoms with van der Waals surface area (Å²) < 4.78 is 6.17. The Morgan fingerprint density at radius 2 is 2.00 bits per heavy atom. The third-order valence-corrected chi connectivity index (χ3v) is 4.43. The van der Waals surface area contributed by atoms with Crippen molar-refractivity contribution in [1.29, 1.82) is 0 Å². The second kappa shape index (κ2) is 7.57. The fraction of sp³-hybridized carbons (Fsp3) is 0.294. The number of morpholine rings is 1. The molecule has 1 aromatic carbocycles. The van der Waals surface area contributed by atoms with Gasteiger partial charge in [-0.3, -0.25) is 4.79 Å². The summed E-state index contributed by atoms with van der Waals surface area (Å²) in [5.41, 5.74) is 1.64. The molecule has 0 atom stereocenters. The highest BCUT2D eigenvalue weighted by Crippen LogP contribution is 2.19. The van der Waals surface area contributed by atoms with E-state index in [1.54, 1.807) is 12.3 Å². The Balaban J connectivity index is 1.71. The second-order valence-corrected chi connectivity index (χ2v) is 6.10. The Morgan fingerprint density at radius 3 is 2.78 bits per heavy atom. The van der Waals surface area contributed by atoms with E-state index in [0.29, 0.717) is 25.3 Å². The largest absolute Gasteiger partial charge is 0.378 e. The maximum absolute atomic E-state index is 12.3. The summed E-state index contributed by atoms with van der Waals surface area (Å²) in [6.07, 6.45) is 1.78. The van der Waals surface area contributed by atoms with Crippen LogP contribution < -0.4 is 10.2 Å². The van der Waals surface area contributed by atoms with Crippen LogP contribution in [0.4, 0.5) is 5.82 Å². The van der Waals surface area contributed by atoms with Crippen LogP contribution in [0.2, 0.25) is 0 Å². The summed E-state index contributed by atoms with van der Waals surface area (Å²) in [6.45, 7) is 3.50. The minimum Gasteiger partial charge on any atom is -0.378 e. The quantitative estimate of drug-likeness (QED) is 0.892. The molecule has 6 heteroatoms. The van der Waals surface area contributed by atoms with Crippen molar-refractivity contribution >= 4 is 27.7 Å². The van der Waals surface area contributed by atoms with E-state index in [9.17, 15) is 4.79 Å². The van der Waals surface area contributed by atoms with Gasteiger partial charge < -0.3 is 15.0 Å². The second-order valence-electron chi connectivity index (χ2n) is 5.25. The lowest BCUT2D eigenvalue weighted by Crippen LogP contribution is -2.37. The minimum atomic E-state index is -0.103. The van der Waals surface area contributed by atoms with Crippen LogP contribution in [0.1, 0.15) is 15.9 Å². The van der Waals surface area contributed by atoms with Gasteiger partial charge in [0.25, 0.3) is 5.91 Å². The molecule has 1 amide bonds. The zero-order valence-electron chi connectivity index (χ0n) is 12.7. The maximum atomic E-state index is 12.3. The number of halogens is 1. The summed E-state index contributed by atoms with van der Waals surface area (Å²) in [5.74, 6) is 0.817. The monoisotopic (exact) mass is 375 g/mol. The molecular weight excluding hydrogens is 358 g/mol. The van der Waals surface area contributed by atoms with Crippen molar-refractivity contribution in [2.24, 2.45) is 0 Å². The van der Waals surface area contributed by atoms with Gasteiger partial charge in [-0.25, -0.2) is 4.98 Å². The van der Waals surface area contributed by atoms with Gasteiger partial charge in [-0.1, -0.05) is 18.2 Å². The number of carbonyl (C=O) groups is 1. The summed E-state index contributed by atoms with van der Waals surface area (Å²) in [4.78, 5) is 19.0. The first-order chi connectivity index (χ1) is 11.3. The van der Waals surface area contributed by atoms with Crippen LogP contribution in [0.15, 0.2) is 47.1 Å². The number of ether oxygens (including phenoxy) is 1. The summed E-state index contributed by atoms with van der Waals surface area (Å²) in [5, 5.41) is 2.97. The van der Waals surface area contributed by atoms with E-state index >= 15 is 0 Å². The molecule has 3 rings (SSSR count). The maximum Gasteiger partial charge on any atom is 0.252 e. The molecular formula is C17H18BrN3O2. The number of benzene rings is 1. The standard InChI is InChI=1S/C17H18BrN3O2/c18-15-6-2-1-5-14(15)17(22)20-12-13-4-3-7-19-16(13)21-8-10-23-11-9-21/h1-7H,8-12H2,(H,20,22). The fourth-order valence-corrected chi connectivity index (χ4v) is 3.01. The molecule has 0 unspecified atom stereocenters. The Bertz CT molecular complexity index is 687. The summed E-state index contributed by atoms with van der Waals surface area (Å²) >= 11 is 3.40. The number of pyridine rings is 1. The SMILES string of the molecule is O=C(NCc1cccnc1N1CCOCC1)c1ccccc1Br. The topological polar surface area (TPSA) is 54.5 Å². The van der Waals surface area contributed by atoms with Crippen molar-refractivity contribution in [1.82, 2.24) is 10.3 Å². The van der Waals surface area contributed by atoms with Crippen LogP contribution in [0.5, 0.6) is 0 Å². The molecule has 120 valence electrons. The number of hydrogen-bond donors (Lipinski definition) is 1. The van der Waals surface area contributed by atoms with E-state index in [1.807, 2.05) is 30.3 Å². The van der Waals surface area contributed by atoms with Crippen LogP contribution in [-0.4, -0.2) is 37.2 Å². The molecule has 1 fully saturated rings. The Labute approximate surface area is 143 Å². The van der Waals surface area contributed by atoms with Crippen molar-refractivity contribution in [2.75, 3.05) is 31.2 Å². The first kappa shape index (κ1) is 16.0. The molecule has 0 saturated carbocycles. The predicted octanol–water partition coefficient (Wildman–Crippen LogP) is 2.61. The Kier molecular flexibility index (Phi) is 5.25. The highest BCUT2D eigenvalue weighted by Gasteiger charge is 2.16.